The second-order valence-electron chi connectivity index (χ2n) is 5.42. The summed E-state index contributed by atoms with van der Waals surface area (Å²) in [5.74, 6) is 6.59. The summed E-state index contributed by atoms with van der Waals surface area (Å²) in [5.41, 5.74) is 6.41. The Morgan fingerprint density at radius 2 is 1.72 bits per heavy atom. The van der Waals surface area contributed by atoms with E-state index in [4.69, 9.17) is 0 Å². The Balaban J connectivity index is 3.16. The lowest BCUT2D eigenvalue weighted by Gasteiger charge is -2.09. The summed E-state index contributed by atoms with van der Waals surface area (Å²) in [6.07, 6.45) is 2.01. The van der Waals surface area contributed by atoms with E-state index in [-0.39, 0.29) is 5.41 Å². The SMILES string of the molecule is CSC=Nc1cc(C)c(C#CC(C)(C)C)c(C)c1. The molecule has 1 aromatic rings. The largest absolute Gasteiger partial charge is 0.250 e. The number of benzene rings is 1. The molecule has 18 heavy (non-hydrogen) atoms. The summed E-state index contributed by atoms with van der Waals surface area (Å²) >= 11 is 1.61. The zero-order valence-corrected chi connectivity index (χ0v) is 12.9. The minimum Gasteiger partial charge on any atom is -0.250 e. The highest BCUT2D eigenvalue weighted by molar-refractivity contribution is 8.11. The smallest absolute Gasteiger partial charge is 0.0642 e. The lowest BCUT2D eigenvalue weighted by Crippen LogP contribution is -2.00. The van der Waals surface area contributed by atoms with Crippen LogP contribution in [0.15, 0.2) is 17.1 Å². The van der Waals surface area contributed by atoms with Crippen molar-refractivity contribution in [2.75, 3.05) is 6.26 Å². The van der Waals surface area contributed by atoms with E-state index in [1.165, 1.54) is 11.1 Å². The average molecular weight is 259 g/mol. The minimum atomic E-state index is 0.0363. The molecule has 0 fully saturated rings. The fourth-order valence-corrected chi connectivity index (χ4v) is 1.80. The molecule has 0 spiro atoms. The van der Waals surface area contributed by atoms with Crippen molar-refractivity contribution >= 4 is 23.0 Å². The predicted octanol–water partition coefficient (Wildman–Crippen LogP) is 4.72. The van der Waals surface area contributed by atoms with Gasteiger partial charge in [0, 0.05) is 11.0 Å². The number of nitrogens with zero attached hydrogens (tertiary/aromatic N) is 1. The van der Waals surface area contributed by atoms with E-state index < -0.39 is 0 Å². The Hall–Kier alpha value is -1.20. The summed E-state index contributed by atoms with van der Waals surface area (Å²) in [7, 11) is 0. The molecule has 0 radical (unpaired) electrons. The van der Waals surface area contributed by atoms with E-state index in [9.17, 15) is 0 Å². The van der Waals surface area contributed by atoms with Crippen LogP contribution in [-0.2, 0) is 0 Å². The number of aliphatic imine (C=N–C) groups is 1. The number of hydrogen-bond acceptors (Lipinski definition) is 2. The quantitative estimate of drug-likeness (QED) is 0.425. The van der Waals surface area contributed by atoms with Crippen molar-refractivity contribution < 1.29 is 0 Å². The maximum atomic E-state index is 4.39. The summed E-state index contributed by atoms with van der Waals surface area (Å²) in [6.45, 7) is 10.6. The first-order valence-electron chi connectivity index (χ1n) is 6.03. The van der Waals surface area contributed by atoms with Crippen molar-refractivity contribution in [1.82, 2.24) is 0 Å². The predicted molar refractivity (Wildman–Crippen MR) is 83.9 cm³/mol. The number of aryl methyl sites for hydroxylation is 2. The molecule has 0 saturated heterocycles. The van der Waals surface area contributed by atoms with Gasteiger partial charge in [0.1, 0.15) is 0 Å². The van der Waals surface area contributed by atoms with Crippen LogP contribution >= 0.6 is 11.8 Å². The zero-order valence-electron chi connectivity index (χ0n) is 12.1. The van der Waals surface area contributed by atoms with Gasteiger partial charge >= 0.3 is 0 Å². The highest BCUT2D eigenvalue weighted by atomic mass is 32.2. The Kier molecular flexibility index (Phi) is 5.04. The Labute approximate surface area is 115 Å². The molecule has 0 heterocycles. The highest BCUT2D eigenvalue weighted by Crippen LogP contribution is 2.22. The summed E-state index contributed by atoms with van der Waals surface area (Å²) in [6, 6.07) is 4.18. The van der Waals surface area contributed by atoms with Crippen molar-refractivity contribution in [2.24, 2.45) is 10.4 Å². The molecule has 0 bridgehead atoms. The molecule has 2 heteroatoms. The molecular formula is C16H21NS. The zero-order chi connectivity index (χ0) is 13.8. The van der Waals surface area contributed by atoms with Gasteiger partial charge < -0.3 is 0 Å². The van der Waals surface area contributed by atoms with Crippen molar-refractivity contribution in [3.05, 3.63) is 28.8 Å². The molecule has 1 aromatic carbocycles. The molecule has 96 valence electrons. The van der Waals surface area contributed by atoms with Gasteiger partial charge in [0.2, 0.25) is 0 Å². The van der Waals surface area contributed by atoms with Crippen LogP contribution in [0.5, 0.6) is 0 Å². The van der Waals surface area contributed by atoms with Crippen LogP contribution in [0.3, 0.4) is 0 Å². The van der Waals surface area contributed by atoms with Gasteiger partial charge in [-0.15, -0.1) is 11.8 Å². The fraction of sp³-hybridized carbons (Fsp3) is 0.438. The highest BCUT2D eigenvalue weighted by Gasteiger charge is 2.06. The van der Waals surface area contributed by atoms with Gasteiger partial charge in [-0.2, -0.15) is 0 Å². The molecule has 1 rings (SSSR count). The van der Waals surface area contributed by atoms with E-state index >= 15 is 0 Å². The monoisotopic (exact) mass is 259 g/mol. The van der Waals surface area contributed by atoms with Gasteiger partial charge in [0.15, 0.2) is 0 Å². The van der Waals surface area contributed by atoms with Crippen LogP contribution in [0, 0.1) is 31.1 Å². The maximum absolute atomic E-state index is 4.39. The first kappa shape index (κ1) is 14.9. The standard InChI is InChI=1S/C16H21NS/c1-12-9-14(17-11-18-6)10-13(2)15(12)7-8-16(3,4)5/h9-11H,1-6H3. The van der Waals surface area contributed by atoms with E-state index in [2.05, 4.69) is 63.6 Å². The average Bonchev–Trinajstić information content (AvgIpc) is 2.23. The van der Waals surface area contributed by atoms with Crippen LogP contribution in [-0.4, -0.2) is 11.8 Å². The second-order valence-corrected chi connectivity index (χ2v) is 6.11. The molecule has 1 nitrogen and oxygen atoms in total. The lowest BCUT2D eigenvalue weighted by molar-refractivity contribution is 0.571. The molecule has 0 N–H and O–H groups in total. The normalized spacial score (nSPS) is 11.4. The third-order valence-electron chi connectivity index (χ3n) is 2.39. The van der Waals surface area contributed by atoms with Gasteiger partial charge in [-0.3, -0.25) is 4.99 Å². The summed E-state index contributed by atoms with van der Waals surface area (Å²) in [4.78, 5) is 4.39. The van der Waals surface area contributed by atoms with Crippen LogP contribution in [0.4, 0.5) is 5.69 Å². The molecule has 0 atom stereocenters. The van der Waals surface area contributed by atoms with Crippen LogP contribution < -0.4 is 0 Å². The number of rotatable bonds is 2. The van der Waals surface area contributed by atoms with Gasteiger partial charge in [-0.25, -0.2) is 0 Å². The third kappa shape index (κ3) is 4.58. The van der Waals surface area contributed by atoms with Crippen LogP contribution in [0.1, 0.15) is 37.5 Å². The minimum absolute atomic E-state index is 0.0363. The van der Waals surface area contributed by atoms with Gasteiger partial charge in [0.25, 0.3) is 0 Å². The number of hydrogen-bond donors (Lipinski definition) is 0. The Morgan fingerprint density at radius 1 is 1.17 bits per heavy atom. The van der Waals surface area contributed by atoms with Crippen molar-refractivity contribution in [3.8, 4) is 11.8 Å². The third-order valence-corrected chi connectivity index (χ3v) is 2.70. The van der Waals surface area contributed by atoms with Crippen LogP contribution in [0.25, 0.3) is 0 Å². The molecule has 0 aliphatic rings. The van der Waals surface area contributed by atoms with Crippen molar-refractivity contribution in [1.29, 1.82) is 0 Å². The fourth-order valence-electron chi connectivity index (χ4n) is 1.58. The van der Waals surface area contributed by atoms with Crippen LogP contribution in [0.2, 0.25) is 0 Å². The molecule has 0 aliphatic carbocycles. The molecule has 0 amide bonds. The number of thioether (sulfide) groups is 1. The summed E-state index contributed by atoms with van der Waals surface area (Å²) in [5, 5.41) is 0. The van der Waals surface area contributed by atoms with Crippen molar-refractivity contribution in [3.63, 3.8) is 0 Å². The van der Waals surface area contributed by atoms with Gasteiger partial charge in [-0.1, -0.05) is 11.8 Å². The molecule has 0 saturated carbocycles. The van der Waals surface area contributed by atoms with E-state index in [0.717, 1.165) is 11.3 Å². The van der Waals surface area contributed by atoms with Crippen molar-refractivity contribution in [2.45, 2.75) is 34.6 Å². The maximum Gasteiger partial charge on any atom is 0.0642 e. The molecule has 0 unspecified atom stereocenters. The first-order chi connectivity index (χ1) is 8.33. The van der Waals surface area contributed by atoms with E-state index in [1.807, 2.05) is 11.8 Å². The Bertz CT molecular complexity index is 487. The van der Waals surface area contributed by atoms with Gasteiger partial charge in [-0.05, 0) is 64.1 Å². The van der Waals surface area contributed by atoms with E-state index in [0.29, 0.717) is 0 Å². The van der Waals surface area contributed by atoms with Gasteiger partial charge in [0.05, 0.1) is 11.2 Å². The van der Waals surface area contributed by atoms with E-state index in [1.54, 1.807) is 11.8 Å². The molecular weight excluding hydrogens is 238 g/mol. The second kappa shape index (κ2) is 6.11. The summed E-state index contributed by atoms with van der Waals surface area (Å²) < 4.78 is 0. The molecule has 0 aromatic heterocycles. The topological polar surface area (TPSA) is 12.4 Å². The molecule has 0 aliphatic heterocycles. The first-order valence-corrected chi connectivity index (χ1v) is 7.32. The lowest BCUT2D eigenvalue weighted by atomic mass is 9.95. The Morgan fingerprint density at radius 3 is 2.17 bits per heavy atom.